The number of thioether (sulfide) groups is 1. The van der Waals surface area contributed by atoms with Gasteiger partial charge in [-0.25, -0.2) is 15.0 Å². The quantitative estimate of drug-likeness (QED) is 0.495. The minimum absolute atomic E-state index is 0.0820. The molecule has 140 valence electrons. The third-order valence-corrected chi connectivity index (χ3v) is 6.08. The molecule has 2 aliphatic rings. The highest BCUT2D eigenvalue weighted by atomic mass is 32.2. The van der Waals surface area contributed by atoms with Gasteiger partial charge in [0.2, 0.25) is 0 Å². The molecule has 1 aliphatic heterocycles. The monoisotopic (exact) mass is 387 g/mol. The van der Waals surface area contributed by atoms with E-state index >= 15 is 0 Å². The number of nitrogens with one attached hydrogen (secondary N) is 1. The summed E-state index contributed by atoms with van der Waals surface area (Å²) in [6.45, 7) is 0. The Kier molecular flexibility index (Phi) is 4.28. The molecule has 2 aromatic carbocycles. The Morgan fingerprint density at radius 3 is 2.64 bits per heavy atom. The van der Waals surface area contributed by atoms with E-state index in [1.165, 1.54) is 28.5 Å². The average Bonchev–Trinajstić information content (AvgIpc) is 2.91. The molecule has 3 aromatic rings. The molecular weight excluding hydrogens is 366 g/mol. The van der Waals surface area contributed by atoms with Crippen LogP contribution in [0.1, 0.15) is 29.2 Å². The first-order valence-corrected chi connectivity index (χ1v) is 10.7. The standard InChI is InChI=1S/C22H21N5S/c1-28-22-26-20(23)19-21(27-22)25-17(14-8-3-2-4-9-14)16-12-11-13-7-5-6-10-15(13)18(16)24-19/h2-10,16-17H,11-12H2,1H3,(H3,23,25,26,27). The fourth-order valence-electron chi connectivity index (χ4n) is 4.20. The number of aromatic nitrogens is 2. The van der Waals surface area contributed by atoms with Gasteiger partial charge in [-0.05, 0) is 35.8 Å². The van der Waals surface area contributed by atoms with Gasteiger partial charge in [0.25, 0.3) is 0 Å². The number of benzene rings is 2. The highest BCUT2D eigenvalue weighted by molar-refractivity contribution is 7.98. The largest absolute Gasteiger partial charge is 0.382 e. The normalized spacial score (nSPS) is 20.1. The van der Waals surface area contributed by atoms with Crippen molar-refractivity contribution in [3.05, 3.63) is 71.3 Å². The fraction of sp³-hybridized carbons (Fsp3) is 0.227. The highest BCUT2D eigenvalue weighted by Crippen LogP contribution is 2.44. The fourth-order valence-corrected chi connectivity index (χ4v) is 4.57. The van der Waals surface area contributed by atoms with Crippen LogP contribution < -0.4 is 11.1 Å². The molecular formula is C22H21N5S. The van der Waals surface area contributed by atoms with Gasteiger partial charge in [-0.1, -0.05) is 66.4 Å². The summed E-state index contributed by atoms with van der Waals surface area (Å²) in [4.78, 5) is 14.2. The third-order valence-electron chi connectivity index (χ3n) is 5.53. The van der Waals surface area contributed by atoms with Gasteiger partial charge in [-0.2, -0.15) is 0 Å². The summed E-state index contributed by atoms with van der Waals surface area (Å²) >= 11 is 1.48. The molecule has 0 fully saturated rings. The molecule has 1 aliphatic carbocycles. The maximum atomic E-state index is 6.30. The zero-order valence-electron chi connectivity index (χ0n) is 15.6. The Morgan fingerprint density at radius 1 is 1.04 bits per heavy atom. The predicted octanol–water partition coefficient (Wildman–Crippen LogP) is 4.63. The number of rotatable bonds is 2. The first-order chi connectivity index (χ1) is 13.7. The second kappa shape index (κ2) is 6.95. The van der Waals surface area contributed by atoms with Crippen LogP contribution in [0.5, 0.6) is 0 Å². The van der Waals surface area contributed by atoms with E-state index in [0.29, 0.717) is 22.5 Å². The maximum absolute atomic E-state index is 6.30. The number of nitrogens with two attached hydrogens (primary N) is 1. The zero-order chi connectivity index (χ0) is 19.1. The Morgan fingerprint density at radius 2 is 1.82 bits per heavy atom. The van der Waals surface area contributed by atoms with E-state index in [-0.39, 0.29) is 12.0 Å². The number of hydrogen-bond acceptors (Lipinski definition) is 6. The lowest BCUT2D eigenvalue weighted by Gasteiger charge is -2.32. The highest BCUT2D eigenvalue weighted by Gasteiger charge is 2.36. The SMILES string of the molecule is CSc1nc(N)c2c(n1)NC(c1ccccc1)C1CCc3ccccc3C1=N2. The van der Waals surface area contributed by atoms with Gasteiger partial charge in [0, 0.05) is 5.92 Å². The van der Waals surface area contributed by atoms with Crippen LogP contribution in [-0.4, -0.2) is 21.9 Å². The van der Waals surface area contributed by atoms with E-state index in [1.54, 1.807) is 0 Å². The molecule has 0 saturated heterocycles. The molecule has 2 unspecified atom stereocenters. The molecule has 0 radical (unpaired) electrons. The molecule has 2 heterocycles. The van der Waals surface area contributed by atoms with Crippen LogP contribution in [-0.2, 0) is 6.42 Å². The van der Waals surface area contributed by atoms with Crippen molar-refractivity contribution in [2.75, 3.05) is 17.3 Å². The van der Waals surface area contributed by atoms with Crippen LogP contribution in [0.25, 0.3) is 0 Å². The van der Waals surface area contributed by atoms with Gasteiger partial charge < -0.3 is 11.1 Å². The minimum Gasteiger partial charge on any atom is -0.382 e. The summed E-state index contributed by atoms with van der Waals surface area (Å²) < 4.78 is 0. The first-order valence-electron chi connectivity index (χ1n) is 9.44. The van der Waals surface area contributed by atoms with E-state index < -0.39 is 0 Å². The van der Waals surface area contributed by atoms with Crippen LogP contribution in [0.2, 0.25) is 0 Å². The number of aliphatic imine (C=N–C) groups is 1. The Labute approximate surface area is 168 Å². The van der Waals surface area contributed by atoms with Crippen LogP contribution in [0, 0.1) is 5.92 Å². The van der Waals surface area contributed by atoms with Crippen molar-refractivity contribution in [2.45, 2.75) is 24.0 Å². The summed E-state index contributed by atoms with van der Waals surface area (Å²) in [5, 5.41) is 4.32. The van der Waals surface area contributed by atoms with Crippen molar-refractivity contribution in [2.24, 2.45) is 10.9 Å². The first kappa shape index (κ1) is 17.3. The zero-order valence-corrected chi connectivity index (χ0v) is 16.4. The second-order valence-electron chi connectivity index (χ2n) is 7.12. The summed E-state index contributed by atoms with van der Waals surface area (Å²) in [6.07, 6.45) is 4.02. The number of anilines is 2. The predicted molar refractivity (Wildman–Crippen MR) is 115 cm³/mol. The molecule has 5 rings (SSSR count). The molecule has 28 heavy (non-hydrogen) atoms. The van der Waals surface area contributed by atoms with E-state index in [2.05, 4.69) is 58.8 Å². The molecule has 0 bridgehead atoms. The number of nitrogen functional groups attached to an aromatic ring is 1. The Balaban J connectivity index is 1.74. The molecule has 5 nitrogen and oxygen atoms in total. The smallest absolute Gasteiger partial charge is 0.191 e. The summed E-state index contributed by atoms with van der Waals surface area (Å²) in [5.74, 6) is 1.37. The molecule has 0 spiro atoms. The number of hydrogen-bond donors (Lipinski definition) is 2. The van der Waals surface area contributed by atoms with Crippen LogP contribution in [0.3, 0.4) is 0 Å². The minimum atomic E-state index is 0.0820. The molecule has 2 atom stereocenters. The lowest BCUT2D eigenvalue weighted by atomic mass is 9.76. The number of fused-ring (bicyclic) bond motifs is 4. The summed E-state index contributed by atoms with van der Waals surface area (Å²) in [5.41, 5.74) is 11.8. The van der Waals surface area contributed by atoms with Crippen LogP contribution in [0.15, 0.2) is 64.7 Å². The molecule has 3 N–H and O–H groups in total. The van der Waals surface area contributed by atoms with Gasteiger partial charge in [-0.3, -0.25) is 0 Å². The Bertz CT molecular complexity index is 1060. The van der Waals surface area contributed by atoms with Gasteiger partial charge in [-0.15, -0.1) is 0 Å². The van der Waals surface area contributed by atoms with Crippen molar-refractivity contribution < 1.29 is 0 Å². The van der Waals surface area contributed by atoms with Crippen molar-refractivity contribution in [3.8, 4) is 0 Å². The lowest BCUT2D eigenvalue weighted by Crippen LogP contribution is -2.31. The van der Waals surface area contributed by atoms with Crippen molar-refractivity contribution in [1.29, 1.82) is 0 Å². The van der Waals surface area contributed by atoms with Gasteiger partial charge in [0.15, 0.2) is 16.8 Å². The molecule has 1 aromatic heterocycles. The van der Waals surface area contributed by atoms with E-state index in [1.807, 2.05) is 12.3 Å². The maximum Gasteiger partial charge on any atom is 0.191 e. The topological polar surface area (TPSA) is 76.2 Å². The molecule has 6 heteroatoms. The second-order valence-corrected chi connectivity index (χ2v) is 7.90. The van der Waals surface area contributed by atoms with Gasteiger partial charge in [0.1, 0.15) is 5.69 Å². The van der Waals surface area contributed by atoms with E-state index in [4.69, 9.17) is 15.7 Å². The van der Waals surface area contributed by atoms with Gasteiger partial charge in [0.05, 0.1) is 11.8 Å². The third kappa shape index (κ3) is 2.85. The van der Waals surface area contributed by atoms with Crippen molar-refractivity contribution in [1.82, 2.24) is 9.97 Å². The van der Waals surface area contributed by atoms with Gasteiger partial charge >= 0.3 is 0 Å². The lowest BCUT2D eigenvalue weighted by molar-refractivity contribution is 0.533. The number of nitrogens with zero attached hydrogens (tertiary/aromatic N) is 3. The van der Waals surface area contributed by atoms with Crippen LogP contribution in [0.4, 0.5) is 17.3 Å². The van der Waals surface area contributed by atoms with E-state index in [0.717, 1.165) is 18.6 Å². The van der Waals surface area contributed by atoms with Crippen LogP contribution >= 0.6 is 11.8 Å². The number of aryl methyl sites for hydroxylation is 1. The summed E-state index contributed by atoms with van der Waals surface area (Å²) in [6, 6.07) is 19.2. The van der Waals surface area contributed by atoms with E-state index in [9.17, 15) is 0 Å². The molecule has 0 saturated carbocycles. The molecule has 0 amide bonds. The van der Waals surface area contributed by atoms with Crippen molar-refractivity contribution >= 4 is 34.8 Å². The average molecular weight is 388 g/mol. The summed E-state index contributed by atoms with van der Waals surface area (Å²) in [7, 11) is 0. The Hall–Kier alpha value is -2.86. The van der Waals surface area contributed by atoms with Crippen molar-refractivity contribution in [3.63, 3.8) is 0 Å².